The highest BCUT2D eigenvalue weighted by Gasteiger charge is 2.32. The van der Waals surface area contributed by atoms with Crippen LogP contribution in [0.5, 0.6) is 0 Å². The molecule has 1 saturated heterocycles. The summed E-state index contributed by atoms with van der Waals surface area (Å²) in [6.07, 6.45) is 6.78. The zero-order valence-corrected chi connectivity index (χ0v) is 13.0. The van der Waals surface area contributed by atoms with Gasteiger partial charge in [0.2, 0.25) is 0 Å². The molecule has 0 aromatic heterocycles. The van der Waals surface area contributed by atoms with Crippen LogP contribution in [-0.2, 0) is 0 Å². The van der Waals surface area contributed by atoms with Crippen molar-refractivity contribution in [3.63, 3.8) is 0 Å². The molecule has 0 amide bonds. The van der Waals surface area contributed by atoms with E-state index in [2.05, 4.69) is 31.0 Å². The van der Waals surface area contributed by atoms with Gasteiger partial charge >= 0.3 is 0 Å². The molecule has 1 heterocycles. The Labute approximate surface area is 118 Å². The molecule has 0 aromatic carbocycles. The van der Waals surface area contributed by atoms with Gasteiger partial charge in [0.25, 0.3) is 0 Å². The molecule has 2 aliphatic rings. The van der Waals surface area contributed by atoms with Gasteiger partial charge in [-0.05, 0) is 71.4 Å². The second kappa shape index (κ2) is 6.55. The van der Waals surface area contributed by atoms with Crippen molar-refractivity contribution in [1.82, 2.24) is 10.2 Å². The molecule has 19 heavy (non-hydrogen) atoms. The number of likely N-dealkylation sites (tertiary alicyclic amines) is 1. The van der Waals surface area contributed by atoms with Gasteiger partial charge in [-0.1, -0.05) is 6.92 Å². The van der Waals surface area contributed by atoms with Crippen molar-refractivity contribution in [2.24, 2.45) is 5.92 Å². The van der Waals surface area contributed by atoms with Gasteiger partial charge in [0.05, 0.1) is 5.60 Å². The fourth-order valence-electron chi connectivity index (χ4n) is 3.43. The second-order valence-electron chi connectivity index (χ2n) is 7.19. The van der Waals surface area contributed by atoms with Crippen molar-refractivity contribution in [2.45, 2.75) is 77.0 Å². The molecule has 0 unspecified atom stereocenters. The fraction of sp³-hybridized carbons (Fsp3) is 1.00. The van der Waals surface area contributed by atoms with Gasteiger partial charge in [-0.3, -0.25) is 0 Å². The van der Waals surface area contributed by atoms with Gasteiger partial charge in [-0.25, -0.2) is 0 Å². The van der Waals surface area contributed by atoms with Crippen molar-refractivity contribution in [3.8, 4) is 0 Å². The number of piperidine rings is 1. The molecular weight excluding hydrogens is 236 g/mol. The Kier molecular flexibility index (Phi) is 5.27. The van der Waals surface area contributed by atoms with Crippen LogP contribution in [0.25, 0.3) is 0 Å². The standard InChI is InChI=1S/C16H32N2O/c1-13(2)18-10-6-15(7-11-18)17-12-16(19)8-4-14(3)5-9-16/h13-15,17,19H,4-12H2,1-3H3. The van der Waals surface area contributed by atoms with E-state index in [-0.39, 0.29) is 0 Å². The van der Waals surface area contributed by atoms with Crippen LogP contribution in [-0.4, -0.2) is 47.3 Å². The van der Waals surface area contributed by atoms with Gasteiger partial charge in [-0.2, -0.15) is 0 Å². The number of nitrogens with zero attached hydrogens (tertiary/aromatic N) is 1. The molecule has 0 spiro atoms. The smallest absolute Gasteiger partial charge is 0.0771 e. The van der Waals surface area contributed by atoms with Crippen molar-refractivity contribution >= 4 is 0 Å². The molecule has 0 radical (unpaired) electrons. The fourth-order valence-corrected chi connectivity index (χ4v) is 3.43. The Morgan fingerprint density at radius 1 is 1.16 bits per heavy atom. The summed E-state index contributed by atoms with van der Waals surface area (Å²) in [6.45, 7) is 10.1. The number of rotatable bonds is 4. The van der Waals surface area contributed by atoms with Crippen molar-refractivity contribution in [3.05, 3.63) is 0 Å². The van der Waals surface area contributed by atoms with E-state index < -0.39 is 5.60 Å². The SMILES string of the molecule is CC1CCC(O)(CNC2CCN(C(C)C)CC2)CC1. The van der Waals surface area contributed by atoms with Crippen LogP contribution in [0, 0.1) is 5.92 Å². The minimum atomic E-state index is -0.429. The first-order valence-electron chi connectivity index (χ1n) is 8.18. The third-order valence-electron chi connectivity index (χ3n) is 5.18. The second-order valence-corrected chi connectivity index (χ2v) is 7.19. The molecule has 3 nitrogen and oxygen atoms in total. The van der Waals surface area contributed by atoms with Gasteiger partial charge in [0.15, 0.2) is 0 Å². The average Bonchev–Trinajstić information content (AvgIpc) is 2.41. The lowest BCUT2D eigenvalue weighted by molar-refractivity contribution is -0.0101. The highest BCUT2D eigenvalue weighted by molar-refractivity contribution is 4.88. The zero-order chi connectivity index (χ0) is 13.9. The molecular formula is C16H32N2O. The average molecular weight is 268 g/mol. The number of nitrogens with one attached hydrogen (secondary N) is 1. The number of aliphatic hydroxyl groups is 1. The summed E-state index contributed by atoms with van der Waals surface area (Å²) in [5.74, 6) is 0.801. The molecule has 2 N–H and O–H groups in total. The van der Waals surface area contributed by atoms with E-state index in [1.54, 1.807) is 0 Å². The van der Waals surface area contributed by atoms with Crippen LogP contribution in [0.4, 0.5) is 0 Å². The predicted molar refractivity (Wildman–Crippen MR) is 80.3 cm³/mol. The third kappa shape index (κ3) is 4.44. The predicted octanol–water partition coefficient (Wildman–Crippen LogP) is 2.39. The quantitative estimate of drug-likeness (QED) is 0.822. The van der Waals surface area contributed by atoms with E-state index in [0.717, 1.165) is 25.3 Å². The maximum Gasteiger partial charge on any atom is 0.0771 e. The Hall–Kier alpha value is -0.120. The largest absolute Gasteiger partial charge is 0.389 e. The van der Waals surface area contributed by atoms with E-state index in [1.807, 2.05) is 0 Å². The molecule has 112 valence electrons. The molecule has 3 heteroatoms. The maximum absolute atomic E-state index is 10.6. The summed E-state index contributed by atoms with van der Waals surface area (Å²) < 4.78 is 0. The van der Waals surface area contributed by atoms with Crippen LogP contribution in [0.15, 0.2) is 0 Å². The monoisotopic (exact) mass is 268 g/mol. The minimum absolute atomic E-state index is 0.429. The van der Waals surface area contributed by atoms with Crippen molar-refractivity contribution in [1.29, 1.82) is 0 Å². The van der Waals surface area contributed by atoms with Crippen LogP contribution >= 0.6 is 0 Å². The Balaban J connectivity index is 1.69. The molecule has 1 aliphatic carbocycles. The topological polar surface area (TPSA) is 35.5 Å². The molecule has 2 rings (SSSR count). The molecule has 2 fully saturated rings. The number of hydrogen-bond donors (Lipinski definition) is 2. The first-order chi connectivity index (χ1) is 8.98. The van der Waals surface area contributed by atoms with Crippen molar-refractivity contribution < 1.29 is 5.11 Å². The molecule has 0 aromatic rings. The van der Waals surface area contributed by atoms with Crippen LogP contribution < -0.4 is 5.32 Å². The highest BCUT2D eigenvalue weighted by atomic mass is 16.3. The molecule has 0 atom stereocenters. The van der Waals surface area contributed by atoms with Crippen LogP contribution in [0.3, 0.4) is 0 Å². The Bertz CT molecular complexity index is 264. The van der Waals surface area contributed by atoms with E-state index in [9.17, 15) is 5.11 Å². The lowest BCUT2D eigenvalue weighted by Crippen LogP contribution is -2.50. The lowest BCUT2D eigenvalue weighted by Gasteiger charge is -2.39. The van der Waals surface area contributed by atoms with E-state index in [4.69, 9.17) is 0 Å². The summed E-state index contributed by atoms with van der Waals surface area (Å²) in [7, 11) is 0. The van der Waals surface area contributed by atoms with E-state index in [1.165, 1.54) is 38.8 Å². The highest BCUT2D eigenvalue weighted by Crippen LogP contribution is 2.31. The summed E-state index contributed by atoms with van der Waals surface area (Å²) in [6, 6.07) is 1.28. The minimum Gasteiger partial charge on any atom is -0.389 e. The molecule has 1 aliphatic heterocycles. The molecule has 0 bridgehead atoms. The maximum atomic E-state index is 10.6. The van der Waals surface area contributed by atoms with Crippen molar-refractivity contribution in [2.75, 3.05) is 19.6 Å². The first kappa shape index (κ1) is 15.3. The van der Waals surface area contributed by atoms with Crippen LogP contribution in [0.1, 0.15) is 59.3 Å². The zero-order valence-electron chi connectivity index (χ0n) is 13.0. The van der Waals surface area contributed by atoms with E-state index >= 15 is 0 Å². The van der Waals surface area contributed by atoms with Gasteiger partial charge < -0.3 is 15.3 Å². The normalized spacial score (nSPS) is 34.9. The molecule has 1 saturated carbocycles. The lowest BCUT2D eigenvalue weighted by atomic mass is 9.79. The summed E-state index contributed by atoms with van der Waals surface area (Å²) in [5, 5.41) is 14.2. The third-order valence-corrected chi connectivity index (χ3v) is 5.18. The Morgan fingerprint density at radius 2 is 1.74 bits per heavy atom. The van der Waals surface area contributed by atoms with Gasteiger partial charge in [-0.15, -0.1) is 0 Å². The number of hydrogen-bond acceptors (Lipinski definition) is 3. The first-order valence-corrected chi connectivity index (χ1v) is 8.18. The summed E-state index contributed by atoms with van der Waals surface area (Å²) in [4.78, 5) is 2.55. The van der Waals surface area contributed by atoms with Crippen LogP contribution in [0.2, 0.25) is 0 Å². The van der Waals surface area contributed by atoms with E-state index in [0.29, 0.717) is 12.1 Å². The summed E-state index contributed by atoms with van der Waals surface area (Å²) in [5.41, 5.74) is -0.429. The Morgan fingerprint density at radius 3 is 2.26 bits per heavy atom. The summed E-state index contributed by atoms with van der Waals surface area (Å²) >= 11 is 0. The van der Waals surface area contributed by atoms with Gasteiger partial charge in [0.1, 0.15) is 0 Å². The van der Waals surface area contributed by atoms with Gasteiger partial charge in [0, 0.05) is 18.6 Å².